The third kappa shape index (κ3) is 3.82. The van der Waals surface area contributed by atoms with Crippen LogP contribution in [-0.4, -0.2) is 29.6 Å². The Balaban J connectivity index is 0.00000400. The average Bonchev–Trinajstić information content (AvgIpc) is 2.80. The molecule has 0 aromatic carbocycles. The van der Waals surface area contributed by atoms with Crippen molar-refractivity contribution in [2.24, 2.45) is 0 Å². The fraction of sp³-hybridized carbons (Fsp3) is 0.400. The third-order valence-electron chi connectivity index (χ3n) is 2.22. The van der Waals surface area contributed by atoms with E-state index in [1.165, 1.54) is 11.4 Å². The Hall–Kier alpha value is -0.956. The molecule has 2 nitrogen and oxygen atoms in total. The molecule has 1 aromatic heterocycles. The summed E-state index contributed by atoms with van der Waals surface area (Å²) >= 11 is 0.740. The topological polar surface area (TPSA) is 34.1 Å². The van der Waals surface area contributed by atoms with E-state index >= 15 is 0 Å². The zero-order valence-corrected chi connectivity index (χ0v) is 11.4. The van der Waals surface area contributed by atoms with Crippen LogP contribution >= 0.6 is 11.3 Å². The normalized spacial score (nSPS) is 12.7. The van der Waals surface area contributed by atoms with E-state index in [-0.39, 0.29) is 21.4 Å². The minimum Gasteiger partial charge on any atom is -0.293 e. The Kier molecular flexibility index (Phi) is 6.14. The van der Waals surface area contributed by atoms with E-state index in [2.05, 4.69) is 0 Å². The number of carbonyl (C=O) groups is 2. The molecule has 0 N–H and O–H groups in total. The summed E-state index contributed by atoms with van der Waals surface area (Å²) in [4.78, 5) is 22.0. The van der Waals surface area contributed by atoms with Gasteiger partial charge in [0.15, 0.2) is 5.78 Å². The van der Waals surface area contributed by atoms with E-state index in [0.717, 1.165) is 17.4 Å². The summed E-state index contributed by atoms with van der Waals surface area (Å²) in [6, 6.07) is 2.45. The number of ketones is 2. The zero-order chi connectivity index (χ0) is 15.8. The molecule has 0 aliphatic carbocycles. The van der Waals surface area contributed by atoms with Gasteiger partial charge >= 0.3 is 18.0 Å². The van der Waals surface area contributed by atoms with Gasteiger partial charge in [-0.15, -0.1) is 11.3 Å². The molecule has 11 heteroatoms. The number of rotatable bonds is 5. The summed E-state index contributed by atoms with van der Waals surface area (Å²) in [5, 5.41) is 1.35. The molecule has 0 fully saturated rings. The Morgan fingerprint density at radius 2 is 1.57 bits per heavy atom. The number of alkyl halides is 7. The molecule has 0 radical (unpaired) electrons. The molecule has 122 valence electrons. The van der Waals surface area contributed by atoms with Crippen LogP contribution in [0.1, 0.15) is 16.1 Å². The summed E-state index contributed by atoms with van der Waals surface area (Å²) in [6.07, 6.45) is -8.34. The van der Waals surface area contributed by atoms with Crippen LogP contribution in [0.2, 0.25) is 0 Å². The van der Waals surface area contributed by atoms with Crippen LogP contribution in [0.25, 0.3) is 0 Å². The van der Waals surface area contributed by atoms with Gasteiger partial charge in [-0.25, -0.2) is 0 Å². The van der Waals surface area contributed by atoms with Gasteiger partial charge in [0.2, 0.25) is 5.78 Å². The molecule has 0 unspecified atom stereocenters. The second kappa shape index (κ2) is 6.43. The minimum absolute atomic E-state index is 0. The number of Topliss-reactive ketones (excluding diaryl/α,β-unsaturated/α-hetero) is 2. The van der Waals surface area contributed by atoms with Crippen molar-refractivity contribution in [1.29, 1.82) is 0 Å². The van der Waals surface area contributed by atoms with Crippen molar-refractivity contribution in [2.75, 3.05) is 0 Å². The predicted octanol–water partition coefficient (Wildman–Crippen LogP) is 3.72. The standard InChI is InChI=1S/C10H5F7O2S.Ni/c11-8(12,9(13,14)10(15,16)17)7(19)4-5(18)6-2-1-3-20-6;/h1-3H,4H2;. The maximum Gasteiger partial charge on any atom is 0.460 e. The first-order chi connectivity index (χ1) is 8.91. The monoisotopic (exact) mass is 380 g/mol. The summed E-state index contributed by atoms with van der Waals surface area (Å²) in [7, 11) is 0. The van der Waals surface area contributed by atoms with Crippen molar-refractivity contribution < 1.29 is 56.8 Å². The Bertz CT molecular complexity index is 510. The molecule has 1 aromatic rings. The molecule has 0 amide bonds. The molecule has 0 saturated heterocycles. The van der Waals surface area contributed by atoms with Gasteiger partial charge in [-0.05, 0) is 11.4 Å². The van der Waals surface area contributed by atoms with Crippen molar-refractivity contribution in [2.45, 2.75) is 24.4 Å². The van der Waals surface area contributed by atoms with Gasteiger partial charge in [0.05, 0.1) is 11.3 Å². The van der Waals surface area contributed by atoms with Gasteiger partial charge in [-0.3, -0.25) is 9.59 Å². The van der Waals surface area contributed by atoms with Gasteiger partial charge in [0.1, 0.15) is 0 Å². The summed E-state index contributed by atoms with van der Waals surface area (Å²) in [6.45, 7) is 0. The van der Waals surface area contributed by atoms with Crippen LogP contribution in [-0.2, 0) is 21.3 Å². The summed E-state index contributed by atoms with van der Waals surface area (Å²) < 4.78 is 86.4. The van der Waals surface area contributed by atoms with Gasteiger partial charge in [-0.2, -0.15) is 30.7 Å². The van der Waals surface area contributed by atoms with Crippen molar-refractivity contribution in [3.63, 3.8) is 0 Å². The predicted molar refractivity (Wildman–Crippen MR) is 54.2 cm³/mol. The zero-order valence-electron chi connectivity index (χ0n) is 9.63. The molecule has 0 saturated carbocycles. The molecule has 21 heavy (non-hydrogen) atoms. The fourth-order valence-corrected chi connectivity index (χ4v) is 1.80. The van der Waals surface area contributed by atoms with Gasteiger partial charge in [-0.1, -0.05) is 6.07 Å². The third-order valence-corrected chi connectivity index (χ3v) is 3.13. The molecule has 0 aliphatic heterocycles. The molecular weight excluding hydrogens is 376 g/mol. The Morgan fingerprint density at radius 3 is 1.95 bits per heavy atom. The first-order valence-corrected chi connectivity index (χ1v) is 5.71. The number of halogens is 7. The van der Waals surface area contributed by atoms with Crippen molar-refractivity contribution in [1.82, 2.24) is 0 Å². The van der Waals surface area contributed by atoms with E-state index in [0.29, 0.717) is 0 Å². The molecular formula is C10H5F7NiO2S. The smallest absolute Gasteiger partial charge is 0.293 e. The van der Waals surface area contributed by atoms with Crippen molar-refractivity contribution >= 4 is 22.9 Å². The van der Waals surface area contributed by atoms with E-state index in [9.17, 15) is 40.3 Å². The summed E-state index contributed by atoms with van der Waals surface area (Å²) in [5.41, 5.74) is 0. The first-order valence-electron chi connectivity index (χ1n) is 4.83. The van der Waals surface area contributed by atoms with Crippen LogP contribution in [0.4, 0.5) is 30.7 Å². The van der Waals surface area contributed by atoms with Gasteiger partial charge < -0.3 is 0 Å². The maximum atomic E-state index is 12.9. The summed E-state index contributed by atoms with van der Waals surface area (Å²) in [5.74, 6) is -16.6. The van der Waals surface area contributed by atoms with Gasteiger partial charge in [0, 0.05) is 16.5 Å². The molecule has 0 atom stereocenters. The van der Waals surface area contributed by atoms with Crippen molar-refractivity contribution in [3.05, 3.63) is 22.4 Å². The van der Waals surface area contributed by atoms with Crippen LogP contribution in [0.5, 0.6) is 0 Å². The van der Waals surface area contributed by atoms with E-state index in [1.807, 2.05) is 0 Å². The Morgan fingerprint density at radius 1 is 1.05 bits per heavy atom. The Labute approximate surface area is 127 Å². The fourth-order valence-electron chi connectivity index (χ4n) is 1.13. The van der Waals surface area contributed by atoms with Crippen LogP contribution in [0.3, 0.4) is 0 Å². The van der Waals surface area contributed by atoms with Gasteiger partial charge in [0.25, 0.3) is 0 Å². The quantitative estimate of drug-likeness (QED) is 0.337. The number of thiophene rings is 1. The van der Waals surface area contributed by atoms with Crippen molar-refractivity contribution in [3.8, 4) is 0 Å². The number of hydrogen-bond acceptors (Lipinski definition) is 3. The molecule has 1 rings (SSSR count). The second-order valence-electron chi connectivity index (χ2n) is 3.65. The molecule has 0 aliphatic rings. The van der Waals surface area contributed by atoms with Crippen LogP contribution in [0.15, 0.2) is 17.5 Å². The molecule has 0 spiro atoms. The number of carbonyl (C=O) groups excluding carboxylic acids is 2. The van der Waals surface area contributed by atoms with E-state index in [1.54, 1.807) is 0 Å². The average molecular weight is 381 g/mol. The minimum atomic E-state index is -6.60. The molecule has 1 heterocycles. The van der Waals surface area contributed by atoms with E-state index < -0.39 is 36.0 Å². The van der Waals surface area contributed by atoms with E-state index in [4.69, 9.17) is 0 Å². The maximum absolute atomic E-state index is 12.9. The number of hydrogen-bond donors (Lipinski definition) is 0. The largest absolute Gasteiger partial charge is 0.460 e. The SMILES string of the molecule is O=C(CC(=O)C(F)(F)C(F)(F)C(F)(F)F)c1cccs1.[Ni]. The molecule has 0 bridgehead atoms. The van der Waals surface area contributed by atoms with Crippen LogP contribution in [0, 0.1) is 0 Å². The first kappa shape index (κ1) is 20.0. The second-order valence-corrected chi connectivity index (χ2v) is 4.59. The van der Waals surface area contributed by atoms with Crippen LogP contribution < -0.4 is 0 Å².